The van der Waals surface area contributed by atoms with E-state index in [4.69, 9.17) is 4.74 Å². The first-order chi connectivity index (χ1) is 15.5. The Labute approximate surface area is 191 Å². The third-order valence-electron chi connectivity index (χ3n) is 5.79. The van der Waals surface area contributed by atoms with Crippen molar-refractivity contribution < 1.29 is 14.3 Å². The zero-order valence-corrected chi connectivity index (χ0v) is 19.3. The van der Waals surface area contributed by atoms with Crippen LogP contribution in [0.25, 0.3) is 11.1 Å². The summed E-state index contributed by atoms with van der Waals surface area (Å²) in [5.41, 5.74) is 4.52. The highest BCUT2D eigenvalue weighted by Crippen LogP contribution is 2.22. The number of hydrogen-bond donors (Lipinski definition) is 0. The van der Waals surface area contributed by atoms with Crippen LogP contribution in [0.5, 0.6) is 5.75 Å². The number of carbonyl (C=O) groups excluding carboxylic acids is 2. The van der Waals surface area contributed by atoms with Crippen LogP contribution in [0.3, 0.4) is 0 Å². The lowest BCUT2D eigenvalue weighted by atomic mass is 9.94. The topological polar surface area (TPSA) is 43.4 Å². The van der Waals surface area contributed by atoms with Crippen molar-refractivity contribution in [3.8, 4) is 16.9 Å². The van der Waals surface area contributed by atoms with Gasteiger partial charge in [0.25, 0.3) is 0 Å². The molecule has 0 heterocycles. The molecular formula is C29H32O3. The average Bonchev–Trinajstić information content (AvgIpc) is 2.82. The van der Waals surface area contributed by atoms with Crippen LogP contribution in [0.4, 0.5) is 0 Å². The van der Waals surface area contributed by atoms with Crippen molar-refractivity contribution in [2.45, 2.75) is 52.9 Å². The Morgan fingerprint density at radius 1 is 0.750 bits per heavy atom. The molecule has 0 amide bonds. The van der Waals surface area contributed by atoms with Gasteiger partial charge in [-0.2, -0.15) is 0 Å². The maximum Gasteiger partial charge on any atom is 0.343 e. The summed E-state index contributed by atoms with van der Waals surface area (Å²) < 4.78 is 5.50. The van der Waals surface area contributed by atoms with E-state index in [1.54, 1.807) is 36.4 Å². The number of aryl methyl sites for hydroxylation is 1. The number of esters is 1. The predicted octanol–water partition coefficient (Wildman–Crippen LogP) is 7.67. The molecule has 0 aromatic heterocycles. The van der Waals surface area contributed by atoms with Gasteiger partial charge in [-0.15, -0.1) is 0 Å². The molecule has 0 N–H and O–H groups in total. The molecule has 3 aromatic rings. The Morgan fingerprint density at radius 2 is 1.31 bits per heavy atom. The summed E-state index contributed by atoms with van der Waals surface area (Å²) in [5.74, 6) is 0.173. The second kappa shape index (κ2) is 11.4. The molecule has 3 aromatic carbocycles. The van der Waals surface area contributed by atoms with E-state index in [0.29, 0.717) is 16.9 Å². The van der Waals surface area contributed by atoms with E-state index in [0.717, 1.165) is 24.0 Å². The van der Waals surface area contributed by atoms with Gasteiger partial charge in [0.1, 0.15) is 5.75 Å². The van der Waals surface area contributed by atoms with Gasteiger partial charge in [-0.1, -0.05) is 81.5 Å². The zero-order chi connectivity index (χ0) is 22.9. The minimum Gasteiger partial charge on any atom is -0.423 e. The van der Waals surface area contributed by atoms with Crippen molar-refractivity contribution in [2.24, 2.45) is 5.92 Å². The number of ether oxygens (including phenoxy) is 1. The first kappa shape index (κ1) is 23.5. The number of carbonyl (C=O) groups is 2. The highest BCUT2D eigenvalue weighted by Gasteiger charge is 2.15. The van der Waals surface area contributed by atoms with Gasteiger partial charge in [0.15, 0.2) is 5.78 Å². The molecule has 0 aliphatic carbocycles. The number of Topliss-reactive ketones (excluding diaryl/α,β-unsaturated/α-hetero) is 1. The Balaban J connectivity index is 1.57. The molecule has 0 spiro atoms. The van der Waals surface area contributed by atoms with Crippen molar-refractivity contribution >= 4 is 11.8 Å². The van der Waals surface area contributed by atoms with E-state index < -0.39 is 5.97 Å². The minimum absolute atomic E-state index is 0.00676. The summed E-state index contributed by atoms with van der Waals surface area (Å²) >= 11 is 0. The van der Waals surface area contributed by atoms with E-state index in [-0.39, 0.29) is 11.7 Å². The summed E-state index contributed by atoms with van der Waals surface area (Å²) in [6.07, 6.45) is 5.58. The summed E-state index contributed by atoms with van der Waals surface area (Å²) in [6.45, 7) is 6.23. The lowest BCUT2D eigenvalue weighted by molar-refractivity contribution is 0.0734. The number of unbranched alkanes of at least 4 members (excludes halogenated alkanes) is 3. The van der Waals surface area contributed by atoms with Crippen molar-refractivity contribution in [1.82, 2.24) is 0 Å². The van der Waals surface area contributed by atoms with Crippen molar-refractivity contribution in [3.63, 3.8) is 0 Å². The molecule has 0 aliphatic heterocycles. The van der Waals surface area contributed by atoms with Crippen LogP contribution in [0.15, 0.2) is 72.8 Å². The normalized spacial score (nSPS) is 11.7. The Morgan fingerprint density at radius 3 is 1.91 bits per heavy atom. The van der Waals surface area contributed by atoms with Crippen LogP contribution in [0, 0.1) is 12.8 Å². The molecule has 3 nitrogen and oxygen atoms in total. The fourth-order valence-electron chi connectivity index (χ4n) is 3.69. The van der Waals surface area contributed by atoms with Crippen LogP contribution in [-0.4, -0.2) is 11.8 Å². The maximum absolute atomic E-state index is 12.6. The smallest absolute Gasteiger partial charge is 0.343 e. The molecule has 0 fully saturated rings. The van der Waals surface area contributed by atoms with E-state index in [1.165, 1.54) is 24.8 Å². The zero-order valence-electron chi connectivity index (χ0n) is 19.3. The van der Waals surface area contributed by atoms with E-state index in [2.05, 4.69) is 38.1 Å². The van der Waals surface area contributed by atoms with Gasteiger partial charge in [-0.3, -0.25) is 4.79 Å². The SMILES string of the molecule is CCCCCCC(C)C(=O)c1ccc(OC(=O)c2ccc(-c3ccc(C)cc3)cc2)cc1. The third-order valence-corrected chi connectivity index (χ3v) is 5.79. The summed E-state index contributed by atoms with van der Waals surface area (Å²) in [6, 6.07) is 22.5. The molecule has 0 bridgehead atoms. The van der Waals surface area contributed by atoms with Crippen molar-refractivity contribution in [2.75, 3.05) is 0 Å². The van der Waals surface area contributed by atoms with Gasteiger partial charge in [-0.25, -0.2) is 4.79 Å². The second-order valence-electron chi connectivity index (χ2n) is 8.47. The largest absolute Gasteiger partial charge is 0.423 e. The number of benzene rings is 3. The van der Waals surface area contributed by atoms with Gasteiger partial charge >= 0.3 is 5.97 Å². The summed E-state index contributed by atoms with van der Waals surface area (Å²) in [5, 5.41) is 0. The lowest BCUT2D eigenvalue weighted by Gasteiger charge is -2.11. The van der Waals surface area contributed by atoms with Crippen LogP contribution < -0.4 is 4.74 Å². The monoisotopic (exact) mass is 428 g/mol. The average molecular weight is 429 g/mol. The fourth-order valence-corrected chi connectivity index (χ4v) is 3.69. The van der Waals surface area contributed by atoms with Gasteiger partial charge in [0.05, 0.1) is 5.56 Å². The molecule has 0 saturated heterocycles. The third kappa shape index (κ3) is 6.40. The maximum atomic E-state index is 12.6. The standard InChI is InChI=1S/C29H32O3/c1-4-5-6-7-8-22(3)28(30)25-17-19-27(20-18-25)32-29(31)26-15-13-24(14-16-26)23-11-9-21(2)10-12-23/h9-20,22H,4-8H2,1-3H3. The van der Waals surface area contributed by atoms with Crippen LogP contribution in [0.1, 0.15) is 72.2 Å². The Kier molecular flexibility index (Phi) is 8.38. The number of hydrogen-bond acceptors (Lipinski definition) is 3. The molecule has 166 valence electrons. The molecule has 32 heavy (non-hydrogen) atoms. The molecule has 0 saturated carbocycles. The van der Waals surface area contributed by atoms with E-state index in [1.807, 2.05) is 19.1 Å². The molecule has 0 aliphatic rings. The Hall–Kier alpha value is -3.20. The molecule has 3 heteroatoms. The summed E-state index contributed by atoms with van der Waals surface area (Å²) in [4.78, 5) is 25.1. The van der Waals surface area contributed by atoms with E-state index >= 15 is 0 Å². The van der Waals surface area contributed by atoms with Crippen LogP contribution in [-0.2, 0) is 0 Å². The molecule has 3 rings (SSSR count). The van der Waals surface area contributed by atoms with Gasteiger partial charge in [0, 0.05) is 11.5 Å². The van der Waals surface area contributed by atoms with Crippen LogP contribution in [0.2, 0.25) is 0 Å². The molecule has 1 atom stereocenters. The molecule has 1 unspecified atom stereocenters. The van der Waals surface area contributed by atoms with Crippen molar-refractivity contribution in [1.29, 1.82) is 0 Å². The predicted molar refractivity (Wildman–Crippen MR) is 130 cm³/mol. The highest BCUT2D eigenvalue weighted by molar-refractivity contribution is 5.98. The minimum atomic E-state index is -0.413. The Bertz CT molecular complexity index is 1020. The second-order valence-corrected chi connectivity index (χ2v) is 8.47. The quantitative estimate of drug-likeness (QED) is 0.144. The van der Waals surface area contributed by atoms with E-state index in [9.17, 15) is 9.59 Å². The highest BCUT2D eigenvalue weighted by atomic mass is 16.5. The van der Waals surface area contributed by atoms with Crippen molar-refractivity contribution in [3.05, 3.63) is 89.5 Å². The summed E-state index contributed by atoms with van der Waals surface area (Å²) in [7, 11) is 0. The number of rotatable bonds is 10. The van der Waals surface area contributed by atoms with Crippen LogP contribution >= 0.6 is 0 Å². The molecule has 0 radical (unpaired) electrons. The van der Waals surface area contributed by atoms with Gasteiger partial charge in [-0.05, 0) is 60.9 Å². The first-order valence-corrected chi connectivity index (χ1v) is 11.5. The number of ketones is 1. The van der Waals surface area contributed by atoms with Gasteiger partial charge in [0.2, 0.25) is 0 Å². The fraction of sp³-hybridized carbons (Fsp3) is 0.310. The molecular weight excluding hydrogens is 396 g/mol. The lowest BCUT2D eigenvalue weighted by Crippen LogP contribution is -2.12. The first-order valence-electron chi connectivity index (χ1n) is 11.5. The van der Waals surface area contributed by atoms with Gasteiger partial charge < -0.3 is 4.74 Å².